The van der Waals surface area contributed by atoms with E-state index in [0.717, 1.165) is 33.4 Å². The Hall–Kier alpha value is -3.58. The van der Waals surface area contributed by atoms with Gasteiger partial charge < -0.3 is 14.2 Å². The predicted octanol–water partition coefficient (Wildman–Crippen LogP) is 5.68. The molecule has 0 radical (unpaired) electrons. The lowest BCUT2D eigenvalue weighted by molar-refractivity contribution is -0.131. The molecule has 180 valence electrons. The lowest BCUT2D eigenvalue weighted by atomic mass is 10.1. The maximum Gasteiger partial charge on any atom is 0.236 e. The molecule has 0 unspecified atom stereocenters. The fourth-order valence-corrected chi connectivity index (χ4v) is 4.90. The first-order valence-electron chi connectivity index (χ1n) is 11.7. The Bertz CT molecular complexity index is 1190. The zero-order chi connectivity index (χ0) is 24.6. The number of ether oxygens (including phenoxy) is 1. The van der Waals surface area contributed by atoms with Crippen molar-refractivity contribution in [3.05, 3.63) is 96.1 Å². The summed E-state index contributed by atoms with van der Waals surface area (Å²) in [5.41, 5.74) is 3.17. The maximum atomic E-state index is 13.6. The van der Waals surface area contributed by atoms with Gasteiger partial charge in [-0.2, -0.15) is 0 Å². The van der Waals surface area contributed by atoms with Gasteiger partial charge in [0.1, 0.15) is 5.75 Å². The molecule has 1 heterocycles. The van der Waals surface area contributed by atoms with Crippen LogP contribution in [0.4, 0.5) is 0 Å². The van der Waals surface area contributed by atoms with Crippen molar-refractivity contribution in [1.29, 1.82) is 0 Å². The molecule has 0 N–H and O–H groups in total. The van der Waals surface area contributed by atoms with Gasteiger partial charge in [0.2, 0.25) is 5.91 Å². The Morgan fingerprint density at radius 3 is 2.00 bits per heavy atom. The van der Waals surface area contributed by atoms with Crippen LogP contribution < -0.4 is 4.74 Å². The topological polar surface area (TPSA) is 60.2 Å². The van der Waals surface area contributed by atoms with Crippen molar-refractivity contribution in [2.45, 2.75) is 43.9 Å². The van der Waals surface area contributed by atoms with Gasteiger partial charge in [-0.25, -0.2) is 0 Å². The first-order valence-corrected chi connectivity index (χ1v) is 12.6. The van der Waals surface area contributed by atoms with Crippen LogP contribution in [0.1, 0.15) is 25.0 Å². The number of amides is 1. The van der Waals surface area contributed by atoms with E-state index in [2.05, 4.69) is 46.0 Å². The minimum atomic E-state index is -0.319. The second kappa shape index (κ2) is 11.7. The molecule has 1 atom stereocenters. The molecule has 0 aliphatic rings. The van der Waals surface area contributed by atoms with Crippen LogP contribution in [0.2, 0.25) is 0 Å². The standard InChI is InChI=1S/C28H30N4O2S/c1-4-32-26(24-15-17-25(34-3)18-16-24)29-30-28(32)35-21(2)27(33)31(19-22-11-7-5-8-12-22)20-23-13-9-6-10-14-23/h5-18,21H,4,19-20H2,1-3H3/t21-/m0/s1. The van der Waals surface area contributed by atoms with Gasteiger partial charge in [-0.05, 0) is 49.2 Å². The number of aromatic nitrogens is 3. The molecule has 6 nitrogen and oxygen atoms in total. The average Bonchev–Trinajstić information content (AvgIpc) is 3.31. The van der Waals surface area contributed by atoms with Crippen molar-refractivity contribution in [1.82, 2.24) is 19.7 Å². The third-order valence-corrected chi connectivity index (χ3v) is 6.82. The van der Waals surface area contributed by atoms with Crippen LogP contribution in [-0.4, -0.2) is 37.9 Å². The average molecular weight is 487 g/mol. The van der Waals surface area contributed by atoms with E-state index < -0.39 is 0 Å². The van der Waals surface area contributed by atoms with Gasteiger partial charge >= 0.3 is 0 Å². The van der Waals surface area contributed by atoms with Crippen LogP contribution in [-0.2, 0) is 24.4 Å². The minimum Gasteiger partial charge on any atom is -0.497 e. The van der Waals surface area contributed by atoms with Crippen LogP contribution >= 0.6 is 11.8 Å². The molecule has 0 saturated heterocycles. The van der Waals surface area contributed by atoms with Gasteiger partial charge in [-0.15, -0.1) is 10.2 Å². The van der Waals surface area contributed by atoms with Crippen LogP contribution in [0.25, 0.3) is 11.4 Å². The lowest BCUT2D eigenvalue weighted by Crippen LogP contribution is -2.35. The highest BCUT2D eigenvalue weighted by Gasteiger charge is 2.25. The summed E-state index contributed by atoms with van der Waals surface area (Å²) in [6.07, 6.45) is 0. The largest absolute Gasteiger partial charge is 0.497 e. The van der Waals surface area contributed by atoms with Gasteiger partial charge in [-0.1, -0.05) is 72.4 Å². The number of hydrogen-bond acceptors (Lipinski definition) is 5. The highest BCUT2D eigenvalue weighted by Crippen LogP contribution is 2.29. The van der Waals surface area contributed by atoms with E-state index in [-0.39, 0.29) is 11.2 Å². The third kappa shape index (κ3) is 6.11. The highest BCUT2D eigenvalue weighted by molar-refractivity contribution is 8.00. The first kappa shape index (κ1) is 24.5. The van der Waals surface area contributed by atoms with E-state index >= 15 is 0 Å². The Kier molecular flexibility index (Phi) is 8.21. The van der Waals surface area contributed by atoms with E-state index in [9.17, 15) is 4.79 Å². The van der Waals surface area contributed by atoms with Gasteiger partial charge in [0.05, 0.1) is 12.4 Å². The van der Waals surface area contributed by atoms with Crippen molar-refractivity contribution >= 4 is 17.7 Å². The number of thioether (sulfide) groups is 1. The molecule has 1 amide bonds. The smallest absolute Gasteiger partial charge is 0.236 e. The van der Waals surface area contributed by atoms with Gasteiger partial charge in [0, 0.05) is 25.2 Å². The summed E-state index contributed by atoms with van der Waals surface area (Å²) in [7, 11) is 1.65. The maximum absolute atomic E-state index is 13.6. The number of carbonyl (C=O) groups is 1. The summed E-state index contributed by atoms with van der Waals surface area (Å²) in [5, 5.41) is 9.28. The Morgan fingerprint density at radius 2 is 1.49 bits per heavy atom. The lowest BCUT2D eigenvalue weighted by Gasteiger charge is -2.26. The van der Waals surface area contributed by atoms with E-state index in [1.54, 1.807) is 7.11 Å². The quantitative estimate of drug-likeness (QED) is 0.270. The Morgan fingerprint density at radius 1 is 0.914 bits per heavy atom. The molecule has 3 aromatic carbocycles. The normalized spacial score (nSPS) is 11.7. The molecular formula is C28H30N4O2S. The third-order valence-electron chi connectivity index (χ3n) is 5.76. The number of methoxy groups -OCH3 is 1. The molecule has 1 aromatic heterocycles. The number of carbonyl (C=O) groups excluding carboxylic acids is 1. The number of rotatable bonds is 10. The van der Waals surface area contributed by atoms with Gasteiger partial charge in [0.15, 0.2) is 11.0 Å². The molecule has 0 aliphatic carbocycles. The monoisotopic (exact) mass is 486 g/mol. The van der Waals surface area contributed by atoms with Crippen molar-refractivity contribution in [2.24, 2.45) is 0 Å². The summed E-state index contributed by atoms with van der Waals surface area (Å²) in [6, 6.07) is 28.0. The van der Waals surface area contributed by atoms with E-state index in [1.807, 2.05) is 72.5 Å². The van der Waals surface area contributed by atoms with Crippen molar-refractivity contribution in [3.8, 4) is 17.1 Å². The van der Waals surface area contributed by atoms with E-state index in [1.165, 1.54) is 11.8 Å². The molecule has 4 rings (SSSR count). The summed E-state index contributed by atoms with van der Waals surface area (Å²) < 4.78 is 7.31. The van der Waals surface area contributed by atoms with Gasteiger partial charge in [0.25, 0.3) is 0 Å². The van der Waals surface area contributed by atoms with Crippen LogP contribution in [0.3, 0.4) is 0 Å². The molecule has 4 aromatic rings. The molecule has 0 aliphatic heterocycles. The fourth-order valence-electron chi connectivity index (χ4n) is 3.90. The summed E-state index contributed by atoms with van der Waals surface area (Å²) >= 11 is 1.45. The van der Waals surface area contributed by atoms with E-state index in [4.69, 9.17) is 4.74 Å². The molecule has 0 spiro atoms. The van der Waals surface area contributed by atoms with Crippen LogP contribution in [0, 0.1) is 0 Å². The number of hydrogen-bond donors (Lipinski definition) is 0. The fraction of sp³-hybridized carbons (Fsp3) is 0.250. The minimum absolute atomic E-state index is 0.0688. The predicted molar refractivity (Wildman–Crippen MR) is 140 cm³/mol. The highest BCUT2D eigenvalue weighted by atomic mass is 32.2. The first-order chi connectivity index (χ1) is 17.1. The molecule has 0 bridgehead atoms. The zero-order valence-corrected chi connectivity index (χ0v) is 21.1. The Balaban J connectivity index is 1.54. The molecular weight excluding hydrogens is 456 g/mol. The van der Waals surface area contributed by atoms with Crippen LogP contribution in [0.5, 0.6) is 5.75 Å². The van der Waals surface area contributed by atoms with Gasteiger partial charge in [-0.3, -0.25) is 4.79 Å². The second-order valence-electron chi connectivity index (χ2n) is 8.20. The summed E-state index contributed by atoms with van der Waals surface area (Å²) in [6.45, 7) is 5.81. The molecule has 35 heavy (non-hydrogen) atoms. The summed E-state index contributed by atoms with van der Waals surface area (Å²) in [4.78, 5) is 15.6. The number of benzene rings is 3. The molecule has 7 heteroatoms. The molecule has 0 fully saturated rings. The van der Waals surface area contributed by atoms with Crippen molar-refractivity contribution in [2.75, 3.05) is 7.11 Å². The second-order valence-corrected chi connectivity index (χ2v) is 9.51. The van der Waals surface area contributed by atoms with Crippen LogP contribution in [0.15, 0.2) is 90.1 Å². The SMILES string of the molecule is CCn1c(S[C@@H](C)C(=O)N(Cc2ccccc2)Cc2ccccc2)nnc1-c1ccc(OC)cc1. The van der Waals surface area contributed by atoms with E-state index in [0.29, 0.717) is 19.6 Å². The van der Waals surface area contributed by atoms with Crippen molar-refractivity contribution in [3.63, 3.8) is 0 Å². The zero-order valence-electron chi connectivity index (χ0n) is 20.3. The van der Waals surface area contributed by atoms with Crippen molar-refractivity contribution < 1.29 is 9.53 Å². The summed E-state index contributed by atoms with van der Waals surface area (Å²) in [5.74, 6) is 1.64. The Labute approximate surface area is 211 Å². The number of nitrogens with zero attached hydrogens (tertiary/aromatic N) is 4. The molecule has 0 saturated carbocycles.